The molecule has 0 aliphatic rings. The van der Waals surface area contributed by atoms with Crippen LogP contribution < -0.4 is 20.3 Å². The van der Waals surface area contributed by atoms with E-state index in [-0.39, 0.29) is 17.1 Å². The molecule has 9 nitrogen and oxygen atoms in total. The molecule has 0 aliphatic heterocycles. The Morgan fingerprint density at radius 2 is 1.76 bits per heavy atom. The van der Waals surface area contributed by atoms with Gasteiger partial charge in [-0.25, -0.2) is 0 Å². The van der Waals surface area contributed by atoms with Crippen LogP contribution >= 0.6 is 11.8 Å². The van der Waals surface area contributed by atoms with Crippen LogP contribution in [0, 0.1) is 0 Å². The molecular formula is C23H23N5O4S. The third-order valence-electron chi connectivity index (χ3n) is 5.00. The van der Waals surface area contributed by atoms with Crippen LogP contribution in [0.5, 0.6) is 11.5 Å². The summed E-state index contributed by atoms with van der Waals surface area (Å²) < 4.78 is 13.6. The van der Waals surface area contributed by atoms with Gasteiger partial charge < -0.3 is 14.8 Å². The second-order valence-corrected chi connectivity index (χ2v) is 8.26. The first-order valence-electron chi connectivity index (χ1n) is 10.3. The number of aromatic nitrogens is 4. The zero-order chi connectivity index (χ0) is 23.4. The highest BCUT2D eigenvalue weighted by Crippen LogP contribution is 2.28. The SMILES string of the molecule is CC[C@@H](Sc1nnc2c(=O)n(-c3ccccc3)ccn12)C(=O)Nc1cc(OC)cc(OC)c1. The summed E-state index contributed by atoms with van der Waals surface area (Å²) in [5.41, 5.74) is 1.20. The number of rotatable bonds is 8. The van der Waals surface area contributed by atoms with Crippen molar-refractivity contribution in [2.75, 3.05) is 19.5 Å². The molecule has 170 valence electrons. The van der Waals surface area contributed by atoms with E-state index in [1.165, 1.54) is 16.3 Å². The summed E-state index contributed by atoms with van der Waals surface area (Å²) in [6.07, 6.45) is 3.94. The Labute approximate surface area is 194 Å². The summed E-state index contributed by atoms with van der Waals surface area (Å²) in [5.74, 6) is 0.944. The largest absolute Gasteiger partial charge is 0.497 e. The fraction of sp³-hybridized carbons (Fsp3) is 0.217. The number of ether oxygens (including phenoxy) is 2. The van der Waals surface area contributed by atoms with Gasteiger partial charge in [0.1, 0.15) is 11.5 Å². The van der Waals surface area contributed by atoms with Crippen molar-refractivity contribution in [1.82, 2.24) is 19.2 Å². The van der Waals surface area contributed by atoms with Gasteiger partial charge in [0.25, 0.3) is 0 Å². The molecule has 1 N–H and O–H groups in total. The van der Waals surface area contributed by atoms with Gasteiger partial charge >= 0.3 is 5.56 Å². The molecule has 10 heteroatoms. The van der Waals surface area contributed by atoms with Crippen LogP contribution in [0.4, 0.5) is 5.69 Å². The van der Waals surface area contributed by atoms with E-state index >= 15 is 0 Å². The Hall–Kier alpha value is -3.79. The summed E-state index contributed by atoms with van der Waals surface area (Å²) in [5, 5.41) is 11.2. The van der Waals surface area contributed by atoms with Crippen molar-refractivity contribution >= 4 is 29.0 Å². The highest BCUT2D eigenvalue weighted by Gasteiger charge is 2.22. The Bertz CT molecular complexity index is 1310. The van der Waals surface area contributed by atoms with Gasteiger partial charge in [0.05, 0.1) is 19.5 Å². The van der Waals surface area contributed by atoms with Gasteiger partial charge in [-0.15, -0.1) is 10.2 Å². The average molecular weight is 466 g/mol. The van der Waals surface area contributed by atoms with Crippen LogP contribution in [-0.4, -0.2) is 44.5 Å². The number of carbonyl (C=O) groups excluding carboxylic acids is 1. The van der Waals surface area contributed by atoms with E-state index < -0.39 is 5.25 Å². The Morgan fingerprint density at radius 1 is 1.06 bits per heavy atom. The lowest BCUT2D eigenvalue weighted by Crippen LogP contribution is -2.25. The number of thioether (sulfide) groups is 1. The van der Waals surface area contributed by atoms with E-state index in [0.717, 1.165) is 5.69 Å². The van der Waals surface area contributed by atoms with E-state index in [9.17, 15) is 9.59 Å². The highest BCUT2D eigenvalue weighted by atomic mass is 32.2. The molecule has 2 aromatic heterocycles. The number of methoxy groups -OCH3 is 2. The molecule has 0 bridgehead atoms. The fourth-order valence-electron chi connectivity index (χ4n) is 3.29. The number of benzene rings is 2. The molecule has 0 saturated heterocycles. The molecule has 1 atom stereocenters. The second-order valence-electron chi connectivity index (χ2n) is 7.09. The van der Waals surface area contributed by atoms with Gasteiger partial charge in [-0.3, -0.25) is 18.6 Å². The number of nitrogens with one attached hydrogen (secondary N) is 1. The van der Waals surface area contributed by atoms with E-state index in [4.69, 9.17) is 9.47 Å². The molecule has 33 heavy (non-hydrogen) atoms. The first kappa shape index (κ1) is 22.4. The maximum atomic E-state index is 13.0. The summed E-state index contributed by atoms with van der Waals surface area (Å²) >= 11 is 1.25. The number of fused-ring (bicyclic) bond motifs is 1. The lowest BCUT2D eigenvalue weighted by molar-refractivity contribution is -0.115. The van der Waals surface area contributed by atoms with Gasteiger partial charge in [-0.05, 0) is 18.6 Å². The van der Waals surface area contributed by atoms with E-state index in [1.54, 1.807) is 49.2 Å². The van der Waals surface area contributed by atoms with Crippen molar-refractivity contribution in [2.45, 2.75) is 23.8 Å². The van der Waals surface area contributed by atoms with Gasteiger partial charge in [0, 0.05) is 42.0 Å². The predicted octanol–water partition coefficient (Wildman–Crippen LogP) is 3.41. The third-order valence-corrected chi connectivity index (χ3v) is 6.32. The molecule has 0 unspecified atom stereocenters. The lowest BCUT2D eigenvalue weighted by atomic mass is 10.2. The zero-order valence-electron chi connectivity index (χ0n) is 18.4. The van der Waals surface area contributed by atoms with Crippen molar-refractivity contribution in [3.63, 3.8) is 0 Å². The number of carbonyl (C=O) groups is 1. The maximum absolute atomic E-state index is 13.0. The quantitative estimate of drug-likeness (QED) is 0.398. The van der Waals surface area contributed by atoms with Crippen LogP contribution in [0.3, 0.4) is 0 Å². The normalized spacial score (nSPS) is 11.8. The van der Waals surface area contributed by atoms with Crippen molar-refractivity contribution in [3.05, 3.63) is 71.3 Å². The highest BCUT2D eigenvalue weighted by molar-refractivity contribution is 8.00. The molecule has 4 aromatic rings. The Balaban J connectivity index is 1.57. The smallest absolute Gasteiger partial charge is 0.300 e. The topological polar surface area (TPSA) is 99.8 Å². The van der Waals surface area contributed by atoms with Crippen molar-refractivity contribution < 1.29 is 14.3 Å². The first-order chi connectivity index (χ1) is 16.0. The first-order valence-corrected chi connectivity index (χ1v) is 11.1. The van der Waals surface area contributed by atoms with Gasteiger partial charge in [-0.2, -0.15) is 0 Å². The molecule has 0 aliphatic carbocycles. The number of hydrogen-bond donors (Lipinski definition) is 1. The minimum Gasteiger partial charge on any atom is -0.497 e. The number of nitrogens with zero attached hydrogens (tertiary/aromatic N) is 4. The molecular weight excluding hydrogens is 442 g/mol. The fourth-order valence-corrected chi connectivity index (χ4v) is 4.23. The summed E-state index contributed by atoms with van der Waals surface area (Å²) in [4.78, 5) is 25.9. The van der Waals surface area contributed by atoms with Crippen LogP contribution in [0.15, 0.2) is 70.9 Å². The molecule has 0 saturated carbocycles. The lowest BCUT2D eigenvalue weighted by Gasteiger charge is -2.15. The summed E-state index contributed by atoms with van der Waals surface area (Å²) in [6.45, 7) is 1.91. The molecule has 2 aromatic carbocycles. The minimum atomic E-state index is -0.453. The monoisotopic (exact) mass is 465 g/mol. The van der Waals surface area contributed by atoms with Gasteiger partial charge in [0.2, 0.25) is 11.6 Å². The molecule has 4 rings (SSSR count). The Morgan fingerprint density at radius 3 is 2.39 bits per heavy atom. The van der Waals surface area contributed by atoms with E-state index in [1.807, 2.05) is 37.3 Å². The summed E-state index contributed by atoms with van der Waals surface area (Å²) in [6, 6.07) is 14.5. The van der Waals surface area contributed by atoms with Crippen LogP contribution in [0.25, 0.3) is 11.3 Å². The van der Waals surface area contributed by atoms with E-state index in [2.05, 4.69) is 15.5 Å². The van der Waals surface area contributed by atoms with Crippen LogP contribution in [-0.2, 0) is 4.79 Å². The van der Waals surface area contributed by atoms with Crippen LogP contribution in [0.2, 0.25) is 0 Å². The molecule has 0 radical (unpaired) electrons. The van der Waals surface area contributed by atoms with Crippen molar-refractivity contribution in [1.29, 1.82) is 0 Å². The number of anilines is 1. The minimum absolute atomic E-state index is 0.191. The van der Waals surface area contributed by atoms with Gasteiger partial charge in [0.15, 0.2) is 5.16 Å². The van der Waals surface area contributed by atoms with Gasteiger partial charge in [-0.1, -0.05) is 36.9 Å². The molecule has 2 heterocycles. The predicted molar refractivity (Wildman–Crippen MR) is 127 cm³/mol. The number of para-hydroxylation sites is 1. The summed E-state index contributed by atoms with van der Waals surface area (Å²) in [7, 11) is 3.10. The Kier molecular flexibility index (Phi) is 6.64. The van der Waals surface area contributed by atoms with Crippen molar-refractivity contribution in [2.24, 2.45) is 0 Å². The number of hydrogen-bond acceptors (Lipinski definition) is 7. The van der Waals surface area contributed by atoms with Crippen molar-refractivity contribution in [3.8, 4) is 17.2 Å². The molecule has 1 amide bonds. The molecule has 0 spiro atoms. The zero-order valence-corrected chi connectivity index (χ0v) is 19.2. The van der Waals surface area contributed by atoms with E-state index in [0.29, 0.717) is 28.8 Å². The van der Waals surface area contributed by atoms with Crippen LogP contribution in [0.1, 0.15) is 13.3 Å². The third kappa shape index (κ3) is 4.70. The standard InChI is InChI=1S/C23H23N5O4S/c1-4-19(21(29)24-15-12-17(31-2)14-18(13-15)32-3)33-23-26-25-20-22(30)27(10-11-28(20)23)16-8-6-5-7-9-16/h5-14,19H,4H2,1-3H3,(H,24,29)/t19-/m1/s1. The average Bonchev–Trinajstić information content (AvgIpc) is 3.26. The second kappa shape index (κ2) is 9.78. The maximum Gasteiger partial charge on any atom is 0.300 e. The molecule has 0 fully saturated rings. The number of amides is 1.